The number of aliphatic imine (C=N–C) groups is 1. The van der Waals surface area contributed by atoms with E-state index in [0.29, 0.717) is 17.7 Å². The third kappa shape index (κ3) is 3.47. The zero-order valence-electron chi connectivity index (χ0n) is 14.0. The molecule has 2 aromatic carbocycles. The molecule has 0 saturated heterocycles. The first-order chi connectivity index (χ1) is 11.8. The van der Waals surface area contributed by atoms with Gasteiger partial charge in [0.1, 0.15) is 5.82 Å². The molecule has 3 rings (SSSR count). The number of Topliss-reactive ketones (excluding diaryl/α,β-unsaturated/α-hetero) is 1. The summed E-state index contributed by atoms with van der Waals surface area (Å²) < 4.78 is 13.7. The van der Waals surface area contributed by atoms with Gasteiger partial charge in [0.15, 0.2) is 5.78 Å². The van der Waals surface area contributed by atoms with Crippen molar-refractivity contribution in [3.8, 4) is 0 Å². The van der Waals surface area contributed by atoms with Crippen LogP contribution in [-0.4, -0.2) is 22.0 Å². The molecule has 0 aromatic heterocycles. The fraction of sp³-hybridized carbons (Fsp3) is 0.263. The number of halogens is 1. The highest BCUT2D eigenvalue weighted by Crippen LogP contribution is 2.30. The monoisotopic (exact) mass is 340 g/mol. The Hall–Kier alpha value is -2.89. The van der Waals surface area contributed by atoms with Crippen molar-refractivity contribution in [1.29, 1.82) is 0 Å². The van der Waals surface area contributed by atoms with E-state index in [1.807, 2.05) is 13.8 Å². The van der Waals surface area contributed by atoms with Gasteiger partial charge in [-0.2, -0.15) is 0 Å². The van der Waals surface area contributed by atoms with E-state index in [0.717, 1.165) is 5.56 Å². The predicted octanol–water partition coefficient (Wildman–Crippen LogP) is 4.13. The molecular weight excluding hydrogens is 323 g/mol. The fourth-order valence-electron chi connectivity index (χ4n) is 3.15. The Morgan fingerprint density at radius 3 is 2.72 bits per heavy atom. The third-order valence-electron chi connectivity index (χ3n) is 4.17. The van der Waals surface area contributed by atoms with Crippen LogP contribution in [0.1, 0.15) is 41.8 Å². The first kappa shape index (κ1) is 17.0. The summed E-state index contributed by atoms with van der Waals surface area (Å²) in [6.45, 7) is 3.88. The van der Waals surface area contributed by atoms with E-state index >= 15 is 0 Å². The number of nitro benzene ring substituents is 1. The van der Waals surface area contributed by atoms with Crippen LogP contribution < -0.4 is 0 Å². The second-order valence-corrected chi connectivity index (χ2v) is 6.72. The van der Waals surface area contributed by atoms with E-state index in [2.05, 4.69) is 4.99 Å². The van der Waals surface area contributed by atoms with Crippen molar-refractivity contribution in [2.24, 2.45) is 4.99 Å². The molecule has 0 atom stereocenters. The fourth-order valence-corrected chi connectivity index (χ4v) is 3.15. The maximum atomic E-state index is 13.7. The van der Waals surface area contributed by atoms with Gasteiger partial charge in [0.05, 0.1) is 28.2 Å². The molecule has 0 saturated carbocycles. The number of hydrogen-bond acceptors (Lipinski definition) is 4. The van der Waals surface area contributed by atoms with Gasteiger partial charge in [0.25, 0.3) is 5.69 Å². The minimum atomic E-state index is -0.576. The Bertz CT molecular complexity index is 903. The Labute approximate surface area is 144 Å². The first-order valence-electron chi connectivity index (χ1n) is 7.91. The standard InChI is InChI=1S/C19H17FN2O3/c1-19(2)11-12-7-8-13(20)9-15(12)16(21-19)10-18(23)14-5-3-4-6-17(14)22(24)25/h3-9H,10-11H2,1-2H3. The van der Waals surface area contributed by atoms with Gasteiger partial charge >= 0.3 is 0 Å². The summed E-state index contributed by atoms with van der Waals surface area (Å²) in [7, 11) is 0. The molecule has 0 radical (unpaired) electrons. The van der Waals surface area contributed by atoms with Gasteiger partial charge in [-0.15, -0.1) is 0 Å². The van der Waals surface area contributed by atoms with Gasteiger partial charge in [-0.25, -0.2) is 4.39 Å². The van der Waals surface area contributed by atoms with Gasteiger partial charge in [-0.1, -0.05) is 18.2 Å². The van der Waals surface area contributed by atoms with Crippen LogP contribution in [0.4, 0.5) is 10.1 Å². The number of nitro groups is 1. The topological polar surface area (TPSA) is 72.6 Å². The number of hydrogen-bond donors (Lipinski definition) is 0. The van der Waals surface area contributed by atoms with Crippen molar-refractivity contribution in [3.63, 3.8) is 0 Å². The summed E-state index contributed by atoms with van der Waals surface area (Å²) >= 11 is 0. The van der Waals surface area contributed by atoms with Crippen LogP contribution >= 0.6 is 0 Å². The molecule has 5 nitrogen and oxygen atoms in total. The van der Waals surface area contributed by atoms with Crippen LogP contribution in [0.25, 0.3) is 0 Å². The summed E-state index contributed by atoms with van der Waals surface area (Å²) in [5, 5.41) is 11.1. The predicted molar refractivity (Wildman–Crippen MR) is 92.8 cm³/mol. The largest absolute Gasteiger partial charge is 0.293 e. The van der Waals surface area contributed by atoms with Crippen molar-refractivity contribution in [3.05, 3.63) is 75.1 Å². The Kier molecular flexibility index (Phi) is 4.20. The number of ketones is 1. The number of carbonyl (C=O) groups is 1. The van der Waals surface area contributed by atoms with E-state index in [1.54, 1.807) is 12.1 Å². The molecule has 0 spiro atoms. The summed E-state index contributed by atoms with van der Waals surface area (Å²) in [5.41, 5.74) is 1.38. The quantitative estimate of drug-likeness (QED) is 0.477. The molecule has 1 aliphatic heterocycles. The molecule has 6 heteroatoms. The van der Waals surface area contributed by atoms with Gasteiger partial charge in [-0.3, -0.25) is 19.9 Å². The molecule has 0 amide bonds. The lowest BCUT2D eigenvalue weighted by Crippen LogP contribution is -2.30. The molecule has 2 aromatic rings. The number of rotatable bonds is 4. The Morgan fingerprint density at radius 1 is 1.28 bits per heavy atom. The summed E-state index contributed by atoms with van der Waals surface area (Å²) in [5.74, 6) is -0.803. The molecule has 1 aliphatic rings. The average molecular weight is 340 g/mol. The lowest BCUT2D eigenvalue weighted by molar-refractivity contribution is -0.385. The van der Waals surface area contributed by atoms with E-state index in [4.69, 9.17) is 0 Å². The maximum absolute atomic E-state index is 13.7. The number of benzene rings is 2. The minimum Gasteiger partial charge on any atom is -0.293 e. The number of para-hydroxylation sites is 1. The Morgan fingerprint density at radius 2 is 2.00 bits per heavy atom. The second kappa shape index (κ2) is 6.20. The normalized spacial score (nSPS) is 15.2. The van der Waals surface area contributed by atoms with Crippen molar-refractivity contribution in [1.82, 2.24) is 0 Å². The van der Waals surface area contributed by atoms with Gasteiger partial charge in [0.2, 0.25) is 0 Å². The zero-order valence-corrected chi connectivity index (χ0v) is 14.0. The molecular formula is C19H17FN2O3. The lowest BCUT2D eigenvalue weighted by atomic mass is 9.85. The van der Waals surface area contributed by atoms with Crippen molar-refractivity contribution >= 4 is 17.2 Å². The molecule has 25 heavy (non-hydrogen) atoms. The van der Waals surface area contributed by atoms with Gasteiger partial charge < -0.3 is 0 Å². The van der Waals surface area contributed by atoms with Crippen LogP contribution in [0.15, 0.2) is 47.5 Å². The SMILES string of the molecule is CC1(C)Cc2ccc(F)cc2C(CC(=O)c2ccccc2[N+](=O)[O-])=N1. The lowest BCUT2D eigenvalue weighted by Gasteiger charge is -2.29. The highest BCUT2D eigenvalue weighted by molar-refractivity contribution is 6.17. The van der Waals surface area contributed by atoms with E-state index in [-0.39, 0.29) is 17.7 Å². The van der Waals surface area contributed by atoms with Crippen LogP contribution in [0.2, 0.25) is 0 Å². The number of fused-ring (bicyclic) bond motifs is 1. The number of nitrogens with zero attached hydrogens (tertiary/aromatic N) is 2. The van der Waals surface area contributed by atoms with Crippen molar-refractivity contribution in [2.75, 3.05) is 0 Å². The van der Waals surface area contributed by atoms with E-state index < -0.39 is 22.1 Å². The van der Waals surface area contributed by atoms with Crippen molar-refractivity contribution < 1.29 is 14.1 Å². The van der Waals surface area contributed by atoms with Gasteiger partial charge in [-0.05, 0) is 44.0 Å². The highest BCUT2D eigenvalue weighted by Gasteiger charge is 2.29. The summed E-state index contributed by atoms with van der Waals surface area (Å²) in [6, 6.07) is 10.3. The molecule has 0 unspecified atom stereocenters. The summed E-state index contributed by atoms with van der Waals surface area (Å²) in [4.78, 5) is 27.8. The highest BCUT2D eigenvalue weighted by atomic mass is 19.1. The van der Waals surface area contributed by atoms with E-state index in [9.17, 15) is 19.3 Å². The summed E-state index contributed by atoms with van der Waals surface area (Å²) in [6.07, 6.45) is 0.538. The van der Waals surface area contributed by atoms with Crippen LogP contribution in [0, 0.1) is 15.9 Å². The molecule has 0 N–H and O–H groups in total. The van der Waals surface area contributed by atoms with Crippen LogP contribution in [0.3, 0.4) is 0 Å². The molecule has 0 aliphatic carbocycles. The smallest absolute Gasteiger partial charge is 0.280 e. The Balaban J connectivity index is 2.00. The van der Waals surface area contributed by atoms with Crippen molar-refractivity contribution in [2.45, 2.75) is 32.2 Å². The number of carbonyl (C=O) groups excluding carboxylic acids is 1. The molecule has 128 valence electrons. The van der Waals surface area contributed by atoms with Gasteiger partial charge in [0, 0.05) is 11.6 Å². The van der Waals surface area contributed by atoms with Crippen LogP contribution in [0.5, 0.6) is 0 Å². The molecule has 0 fully saturated rings. The zero-order chi connectivity index (χ0) is 18.2. The average Bonchev–Trinajstić information content (AvgIpc) is 2.54. The maximum Gasteiger partial charge on any atom is 0.280 e. The minimum absolute atomic E-state index is 0.0385. The second-order valence-electron chi connectivity index (χ2n) is 6.72. The first-order valence-corrected chi connectivity index (χ1v) is 7.91. The van der Waals surface area contributed by atoms with E-state index in [1.165, 1.54) is 30.3 Å². The molecule has 0 bridgehead atoms. The molecule has 1 heterocycles. The van der Waals surface area contributed by atoms with Crippen LogP contribution in [-0.2, 0) is 6.42 Å². The third-order valence-corrected chi connectivity index (χ3v) is 4.17.